The number of carbonyl (C=O) groups excluding carboxylic acids is 4. The molecule has 17 nitrogen and oxygen atoms in total. The summed E-state index contributed by atoms with van der Waals surface area (Å²) in [4.78, 5) is 56.6. The van der Waals surface area contributed by atoms with Crippen LogP contribution in [0.2, 0.25) is 0 Å². The first-order valence-corrected chi connectivity index (χ1v) is 16.3. The van der Waals surface area contributed by atoms with Gasteiger partial charge in [-0.2, -0.15) is 0 Å². The molecular formula is C33H53NO16. The van der Waals surface area contributed by atoms with Crippen LogP contribution in [0.25, 0.3) is 0 Å². The molecular weight excluding hydrogens is 666 g/mol. The Morgan fingerprint density at radius 1 is 0.440 bits per heavy atom. The summed E-state index contributed by atoms with van der Waals surface area (Å²) in [5.41, 5.74) is 0.625. The van der Waals surface area contributed by atoms with Crippen LogP contribution in [0, 0.1) is 11.8 Å². The minimum Gasteiger partial charge on any atom is -0.463 e. The number of nitrogens with zero attached hydrogens (tertiary/aromatic N) is 1. The number of methoxy groups -OCH3 is 4. The molecule has 0 fully saturated rings. The van der Waals surface area contributed by atoms with Gasteiger partial charge in [-0.1, -0.05) is 6.07 Å². The first-order valence-electron chi connectivity index (χ1n) is 16.3. The van der Waals surface area contributed by atoms with E-state index in [0.29, 0.717) is 64.2 Å². The molecule has 0 aliphatic heterocycles. The van der Waals surface area contributed by atoms with Crippen LogP contribution in [-0.4, -0.2) is 163 Å². The second-order valence-electron chi connectivity index (χ2n) is 10.2. The van der Waals surface area contributed by atoms with Crippen molar-refractivity contribution >= 4 is 23.9 Å². The zero-order chi connectivity index (χ0) is 36.7. The largest absolute Gasteiger partial charge is 0.463 e. The number of aromatic nitrogens is 1. The highest BCUT2D eigenvalue weighted by atomic mass is 16.6. The maximum Gasteiger partial charge on any atom is 0.320 e. The summed E-state index contributed by atoms with van der Waals surface area (Å²) in [5, 5.41) is 0. The van der Waals surface area contributed by atoms with Gasteiger partial charge in [-0.25, -0.2) is 0 Å². The molecule has 0 aliphatic carbocycles. The van der Waals surface area contributed by atoms with Crippen molar-refractivity contribution in [1.82, 2.24) is 4.98 Å². The predicted molar refractivity (Wildman–Crippen MR) is 173 cm³/mol. The quantitative estimate of drug-likeness (QED) is 0.0425. The van der Waals surface area contributed by atoms with Gasteiger partial charge < -0.3 is 56.8 Å². The van der Waals surface area contributed by atoms with Crippen molar-refractivity contribution < 1.29 is 76.0 Å². The Balaban J connectivity index is 3.00. The summed E-state index contributed by atoms with van der Waals surface area (Å²) in [7, 11) is 6.14. The van der Waals surface area contributed by atoms with Gasteiger partial charge in [-0.3, -0.25) is 24.2 Å². The molecule has 0 saturated heterocycles. The maximum atomic E-state index is 13.0. The van der Waals surface area contributed by atoms with Gasteiger partial charge in [0.2, 0.25) is 0 Å². The highest BCUT2D eigenvalue weighted by Crippen LogP contribution is 2.16. The Kier molecular flexibility index (Phi) is 27.3. The van der Waals surface area contributed by atoms with Crippen LogP contribution in [0.15, 0.2) is 18.2 Å². The van der Waals surface area contributed by atoms with Gasteiger partial charge in [0.05, 0.1) is 79.3 Å². The molecule has 0 aliphatic rings. The third kappa shape index (κ3) is 21.7. The molecule has 0 N–H and O–H groups in total. The van der Waals surface area contributed by atoms with E-state index in [4.69, 9.17) is 56.8 Å². The summed E-state index contributed by atoms with van der Waals surface area (Å²) in [6, 6.07) is 4.82. The number of hydrogen-bond acceptors (Lipinski definition) is 17. The molecule has 0 bridgehead atoms. The van der Waals surface area contributed by atoms with E-state index in [1.807, 2.05) is 0 Å². The van der Waals surface area contributed by atoms with Crippen molar-refractivity contribution in [1.29, 1.82) is 0 Å². The van der Waals surface area contributed by atoms with Crippen LogP contribution in [0.4, 0.5) is 0 Å². The van der Waals surface area contributed by atoms with Gasteiger partial charge in [0.25, 0.3) is 0 Å². The van der Waals surface area contributed by atoms with E-state index in [-0.39, 0.29) is 65.7 Å². The molecule has 286 valence electrons. The molecule has 0 unspecified atom stereocenters. The molecule has 1 aromatic heterocycles. The van der Waals surface area contributed by atoms with Crippen LogP contribution in [-0.2, 0) is 88.9 Å². The normalized spacial score (nSPS) is 11.2. The highest BCUT2D eigenvalue weighted by Gasteiger charge is 2.33. The average Bonchev–Trinajstić information content (AvgIpc) is 3.11. The Morgan fingerprint density at radius 2 is 0.700 bits per heavy atom. The molecule has 0 spiro atoms. The topological polar surface area (TPSA) is 192 Å². The van der Waals surface area contributed by atoms with Gasteiger partial charge in [-0.15, -0.1) is 0 Å². The summed E-state index contributed by atoms with van der Waals surface area (Å²) in [6.07, 6.45) is -0.366. The fourth-order valence-corrected chi connectivity index (χ4v) is 3.89. The summed E-state index contributed by atoms with van der Waals surface area (Å²) in [6.45, 7) is 2.76. The molecule has 0 atom stereocenters. The third-order valence-corrected chi connectivity index (χ3v) is 6.44. The van der Waals surface area contributed by atoms with Gasteiger partial charge in [0.1, 0.15) is 26.4 Å². The second kappa shape index (κ2) is 30.5. The number of ether oxygens (including phenoxy) is 12. The predicted octanol–water partition coefficient (Wildman–Crippen LogP) is 0.224. The lowest BCUT2D eigenvalue weighted by Crippen LogP contribution is -2.32. The van der Waals surface area contributed by atoms with E-state index < -0.39 is 35.7 Å². The highest BCUT2D eigenvalue weighted by molar-refractivity contribution is 5.95. The molecule has 17 heteroatoms. The van der Waals surface area contributed by atoms with Crippen LogP contribution in [0.5, 0.6) is 0 Å². The molecule has 1 heterocycles. The molecule has 1 rings (SSSR count). The van der Waals surface area contributed by atoms with Crippen molar-refractivity contribution in [2.75, 3.05) is 134 Å². The summed E-state index contributed by atoms with van der Waals surface area (Å²) in [5.74, 6) is -6.05. The van der Waals surface area contributed by atoms with Crippen molar-refractivity contribution in [3.05, 3.63) is 29.6 Å². The van der Waals surface area contributed by atoms with Crippen molar-refractivity contribution in [2.45, 2.75) is 12.8 Å². The smallest absolute Gasteiger partial charge is 0.320 e. The molecule has 50 heavy (non-hydrogen) atoms. The zero-order valence-electron chi connectivity index (χ0n) is 29.6. The lowest BCUT2D eigenvalue weighted by Gasteiger charge is -2.17. The Morgan fingerprint density at radius 3 is 0.960 bits per heavy atom. The van der Waals surface area contributed by atoms with E-state index in [1.54, 1.807) is 18.2 Å². The standard InChI is InChI=1S/C33H53NO16/c1-39-8-12-43-16-20-47-30(35)28(31(36)48-21-17-44-13-9-40-2)24-26-6-5-7-27(34-26)25-29(32(37)49-22-18-45-14-10-41-3)33(38)50-23-19-46-15-11-42-4/h5-7,28-29H,8-25H2,1-4H3. The van der Waals surface area contributed by atoms with E-state index in [9.17, 15) is 19.2 Å². The lowest BCUT2D eigenvalue weighted by atomic mass is 10.0. The van der Waals surface area contributed by atoms with Crippen molar-refractivity contribution in [2.24, 2.45) is 11.8 Å². The first-order chi connectivity index (χ1) is 24.4. The van der Waals surface area contributed by atoms with Gasteiger partial charge in [0, 0.05) is 52.7 Å². The van der Waals surface area contributed by atoms with Gasteiger partial charge in [-0.05, 0) is 12.1 Å². The third-order valence-electron chi connectivity index (χ3n) is 6.44. The van der Waals surface area contributed by atoms with Gasteiger partial charge >= 0.3 is 23.9 Å². The van der Waals surface area contributed by atoms with Crippen molar-refractivity contribution in [3.63, 3.8) is 0 Å². The molecule has 0 radical (unpaired) electrons. The molecule has 0 amide bonds. The summed E-state index contributed by atoms with van der Waals surface area (Å²) >= 11 is 0. The summed E-state index contributed by atoms with van der Waals surface area (Å²) < 4.78 is 62.1. The monoisotopic (exact) mass is 719 g/mol. The Hall–Kier alpha value is -3.29. The number of pyridine rings is 1. The number of hydrogen-bond donors (Lipinski definition) is 0. The minimum atomic E-state index is -1.36. The second-order valence-corrected chi connectivity index (χ2v) is 10.2. The maximum absolute atomic E-state index is 13.0. The fraction of sp³-hybridized carbons (Fsp3) is 0.727. The molecule has 0 saturated carbocycles. The Labute approximate surface area is 293 Å². The van der Waals surface area contributed by atoms with Crippen LogP contribution in [0.3, 0.4) is 0 Å². The van der Waals surface area contributed by atoms with E-state index >= 15 is 0 Å². The van der Waals surface area contributed by atoms with E-state index in [0.717, 1.165) is 0 Å². The Bertz CT molecular complexity index is 925. The first kappa shape index (κ1) is 44.7. The van der Waals surface area contributed by atoms with E-state index in [1.165, 1.54) is 28.4 Å². The van der Waals surface area contributed by atoms with Crippen molar-refractivity contribution in [3.8, 4) is 0 Å². The molecule has 1 aromatic rings. The minimum absolute atomic E-state index is 0.0966. The number of rotatable bonds is 32. The zero-order valence-corrected chi connectivity index (χ0v) is 29.6. The number of esters is 4. The SMILES string of the molecule is COCCOCCOC(=O)C(Cc1cccc(CC(C(=O)OCCOCCOC)C(=O)OCCOCCOC)n1)C(=O)OCCOCCOC. The van der Waals surface area contributed by atoms with Gasteiger partial charge in [0.15, 0.2) is 11.8 Å². The fourth-order valence-electron chi connectivity index (χ4n) is 3.89. The van der Waals surface area contributed by atoms with E-state index in [2.05, 4.69) is 4.98 Å². The number of carbonyl (C=O) groups is 4. The van der Waals surface area contributed by atoms with Crippen LogP contribution in [0.1, 0.15) is 11.4 Å². The van der Waals surface area contributed by atoms with Crippen LogP contribution < -0.4 is 0 Å². The van der Waals surface area contributed by atoms with Crippen LogP contribution >= 0.6 is 0 Å². The molecule has 0 aromatic carbocycles. The average molecular weight is 720 g/mol. The lowest BCUT2D eigenvalue weighted by molar-refractivity contribution is -0.165.